The van der Waals surface area contributed by atoms with Crippen LogP contribution in [-0.2, 0) is 10.0 Å². The Balaban J connectivity index is 2.30. The van der Waals surface area contributed by atoms with Crippen molar-refractivity contribution in [2.45, 2.75) is 18.9 Å². The molecule has 0 saturated carbocycles. The van der Waals surface area contributed by atoms with Crippen molar-refractivity contribution < 1.29 is 13.6 Å². The topological polar surface area (TPSA) is 107 Å². The van der Waals surface area contributed by atoms with Gasteiger partial charge in [-0.1, -0.05) is 17.3 Å². The SMILES string of the molecule is CC(=NO)c1cccc(NS(=O)(=O)c2cnc(C)[nH]2)c1. The molecule has 0 aliphatic heterocycles. The number of sulfonamides is 1. The van der Waals surface area contributed by atoms with E-state index >= 15 is 0 Å². The predicted molar refractivity (Wildman–Crippen MR) is 74.6 cm³/mol. The highest BCUT2D eigenvalue weighted by Crippen LogP contribution is 2.16. The summed E-state index contributed by atoms with van der Waals surface area (Å²) in [5.41, 5.74) is 1.38. The molecule has 0 aliphatic rings. The van der Waals surface area contributed by atoms with E-state index in [1.165, 1.54) is 6.20 Å². The Bertz CT molecular complexity index is 750. The fraction of sp³-hybridized carbons (Fsp3) is 0.167. The maximum Gasteiger partial charge on any atom is 0.278 e. The molecule has 0 saturated heterocycles. The van der Waals surface area contributed by atoms with Crippen LogP contribution >= 0.6 is 0 Å². The number of aryl methyl sites for hydroxylation is 1. The van der Waals surface area contributed by atoms with Crippen molar-refractivity contribution in [3.8, 4) is 0 Å². The number of anilines is 1. The number of aromatic nitrogens is 2. The zero-order valence-electron chi connectivity index (χ0n) is 11.0. The molecule has 20 heavy (non-hydrogen) atoms. The average Bonchev–Trinajstić information content (AvgIpc) is 2.85. The van der Waals surface area contributed by atoms with Gasteiger partial charge in [0.2, 0.25) is 0 Å². The van der Waals surface area contributed by atoms with Crippen LogP contribution in [0.15, 0.2) is 40.6 Å². The molecule has 7 nitrogen and oxygen atoms in total. The monoisotopic (exact) mass is 294 g/mol. The second-order valence-corrected chi connectivity index (χ2v) is 5.86. The Hall–Kier alpha value is -2.35. The van der Waals surface area contributed by atoms with Gasteiger partial charge in [-0.25, -0.2) is 4.98 Å². The van der Waals surface area contributed by atoms with Gasteiger partial charge in [0.15, 0.2) is 5.03 Å². The first-order valence-corrected chi connectivity index (χ1v) is 7.24. The Kier molecular flexibility index (Phi) is 3.75. The highest BCUT2D eigenvalue weighted by molar-refractivity contribution is 7.92. The molecule has 2 rings (SSSR count). The van der Waals surface area contributed by atoms with Crippen molar-refractivity contribution in [1.29, 1.82) is 0 Å². The molecule has 0 aliphatic carbocycles. The number of oxime groups is 1. The summed E-state index contributed by atoms with van der Waals surface area (Å²) in [7, 11) is -3.71. The van der Waals surface area contributed by atoms with Crippen molar-refractivity contribution in [3.05, 3.63) is 41.9 Å². The summed E-state index contributed by atoms with van der Waals surface area (Å²) in [5.74, 6) is 0.516. The van der Waals surface area contributed by atoms with Gasteiger partial charge < -0.3 is 10.2 Å². The number of hydrogen-bond acceptors (Lipinski definition) is 5. The van der Waals surface area contributed by atoms with Gasteiger partial charge in [-0.05, 0) is 26.0 Å². The second-order valence-electron chi connectivity index (χ2n) is 4.20. The molecule has 1 aromatic carbocycles. The Morgan fingerprint density at radius 1 is 1.45 bits per heavy atom. The lowest BCUT2D eigenvalue weighted by molar-refractivity contribution is 0.319. The van der Waals surface area contributed by atoms with Gasteiger partial charge in [0, 0.05) is 11.3 Å². The first-order chi connectivity index (χ1) is 9.42. The van der Waals surface area contributed by atoms with Gasteiger partial charge in [-0.15, -0.1) is 0 Å². The third kappa shape index (κ3) is 2.97. The molecule has 8 heteroatoms. The molecule has 0 radical (unpaired) electrons. The number of nitrogens with zero attached hydrogens (tertiary/aromatic N) is 2. The quantitative estimate of drug-likeness (QED) is 0.453. The molecule has 0 spiro atoms. The van der Waals surface area contributed by atoms with E-state index in [1.807, 2.05) is 0 Å². The third-order valence-electron chi connectivity index (χ3n) is 2.65. The molecule has 106 valence electrons. The molecular formula is C12H14N4O3S. The minimum absolute atomic E-state index is 0.00653. The zero-order valence-corrected chi connectivity index (χ0v) is 11.8. The smallest absolute Gasteiger partial charge is 0.278 e. The lowest BCUT2D eigenvalue weighted by Gasteiger charge is -2.07. The summed E-state index contributed by atoms with van der Waals surface area (Å²) in [4.78, 5) is 6.52. The molecule has 1 aromatic heterocycles. The summed E-state index contributed by atoms with van der Waals surface area (Å²) in [5, 5.41) is 11.8. The number of hydrogen-bond donors (Lipinski definition) is 3. The fourth-order valence-corrected chi connectivity index (χ4v) is 2.63. The summed E-state index contributed by atoms with van der Waals surface area (Å²) >= 11 is 0. The highest BCUT2D eigenvalue weighted by Gasteiger charge is 2.16. The van der Waals surface area contributed by atoms with Crippen molar-refractivity contribution in [2.24, 2.45) is 5.16 Å². The van der Waals surface area contributed by atoms with Gasteiger partial charge in [0.05, 0.1) is 11.9 Å². The van der Waals surface area contributed by atoms with Crippen LogP contribution < -0.4 is 4.72 Å². The standard InChI is InChI=1S/C12H14N4O3S/c1-8(15-17)10-4-3-5-11(6-10)16-20(18,19)12-7-13-9(2)14-12/h3-7,16-17H,1-2H3,(H,13,14). The van der Waals surface area contributed by atoms with Gasteiger partial charge >= 0.3 is 0 Å². The minimum Gasteiger partial charge on any atom is -0.411 e. The van der Waals surface area contributed by atoms with E-state index < -0.39 is 10.0 Å². The van der Waals surface area contributed by atoms with Crippen molar-refractivity contribution >= 4 is 21.4 Å². The first kappa shape index (κ1) is 14.1. The Morgan fingerprint density at radius 2 is 2.20 bits per heavy atom. The van der Waals surface area contributed by atoms with E-state index in [-0.39, 0.29) is 5.03 Å². The molecule has 0 unspecified atom stereocenters. The lowest BCUT2D eigenvalue weighted by atomic mass is 10.1. The minimum atomic E-state index is -3.71. The summed E-state index contributed by atoms with van der Waals surface area (Å²) in [6.07, 6.45) is 1.25. The molecule has 3 N–H and O–H groups in total. The maximum atomic E-state index is 12.1. The summed E-state index contributed by atoms with van der Waals surface area (Å²) in [6, 6.07) is 6.57. The normalized spacial score (nSPS) is 12.4. The van der Waals surface area contributed by atoms with Crippen molar-refractivity contribution in [2.75, 3.05) is 4.72 Å². The van der Waals surface area contributed by atoms with E-state index in [2.05, 4.69) is 19.8 Å². The number of benzene rings is 1. The average molecular weight is 294 g/mol. The Labute approximate surface area is 116 Å². The third-order valence-corrected chi connectivity index (χ3v) is 3.94. The molecule has 2 aromatic rings. The van der Waals surface area contributed by atoms with Crippen LogP contribution in [0.2, 0.25) is 0 Å². The predicted octanol–water partition coefficient (Wildman–Crippen LogP) is 1.72. The first-order valence-electron chi connectivity index (χ1n) is 5.76. The molecule has 0 atom stereocenters. The summed E-state index contributed by atoms with van der Waals surface area (Å²) in [6.45, 7) is 3.28. The van der Waals surface area contributed by atoms with Gasteiger partial charge in [0.1, 0.15) is 5.82 Å². The Morgan fingerprint density at radius 3 is 2.80 bits per heavy atom. The van der Waals surface area contributed by atoms with E-state index in [0.717, 1.165) is 0 Å². The van der Waals surface area contributed by atoms with Crippen LogP contribution in [0.4, 0.5) is 5.69 Å². The van der Waals surface area contributed by atoms with E-state index in [4.69, 9.17) is 5.21 Å². The number of nitrogens with one attached hydrogen (secondary N) is 2. The van der Waals surface area contributed by atoms with Crippen LogP contribution in [-0.4, -0.2) is 29.3 Å². The molecule has 0 amide bonds. The molecule has 1 heterocycles. The van der Waals surface area contributed by atoms with Gasteiger partial charge in [-0.2, -0.15) is 8.42 Å². The summed E-state index contributed by atoms with van der Waals surface area (Å²) < 4.78 is 26.6. The van der Waals surface area contributed by atoms with E-state index in [9.17, 15) is 8.42 Å². The highest BCUT2D eigenvalue weighted by atomic mass is 32.2. The van der Waals surface area contributed by atoms with Crippen molar-refractivity contribution in [3.63, 3.8) is 0 Å². The van der Waals surface area contributed by atoms with Crippen LogP contribution in [0.5, 0.6) is 0 Å². The van der Waals surface area contributed by atoms with Gasteiger partial charge in [-0.3, -0.25) is 4.72 Å². The van der Waals surface area contributed by atoms with Crippen LogP contribution in [0.3, 0.4) is 0 Å². The second kappa shape index (κ2) is 5.33. The van der Waals surface area contributed by atoms with Crippen LogP contribution in [0, 0.1) is 6.92 Å². The molecular weight excluding hydrogens is 280 g/mol. The van der Waals surface area contributed by atoms with E-state index in [1.54, 1.807) is 38.1 Å². The maximum absolute atomic E-state index is 12.1. The number of imidazole rings is 1. The largest absolute Gasteiger partial charge is 0.411 e. The molecule has 0 fully saturated rings. The number of H-pyrrole nitrogens is 1. The lowest BCUT2D eigenvalue weighted by Crippen LogP contribution is -2.13. The van der Waals surface area contributed by atoms with E-state index in [0.29, 0.717) is 22.8 Å². The van der Waals surface area contributed by atoms with Crippen LogP contribution in [0.25, 0.3) is 0 Å². The molecule has 0 bridgehead atoms. The zero-order chi connectivity index (χ0) is 14.8. The number of rotatable bonds is 4. The van der Waals surface area contributed by atoms with Gasteiger partial charge in [0.25, 0.3) is 10.0 Å². The number of aromatic amines is 1. The van der Waals surface area contributed by atoms with Crippen LogP contribution in [0.1, 0.15) is 18.3 Å². The van der Waals surface area contributed by atoms with Crippen molar-refractivity contribution in [1.82, 2.24) is 9.97 Å². The fourth-order valence-electron chi connectivity index (χ4n) is 1.61.